The number of benzene rings is 2. The van der Waals surface area contributed by atoms with Crippen molar-refractivity contribution in [3.05, 3.63) is 77.4 Å². The topological polar surface area (TPSA) is 84.2 Å². The molecule has 0 radical (unpaired) electrons. The van der Waals surface area contributed by atoms with E-state index in [1.807, 2.05) is 0 Å². The van der Waals surface area contributed by atoms with Gasteiger partial charge < -0.3 is 23.4 Å². The van der Waals surface area contributed by atoms with Gasteiger partial charge in [-0.1, -0.05) is 0 Å². The van der Waals surface area contributed by atoms with Crippen LogP contribution in [0.5, 0.6) is 23.0 Å². The lowest BCUT2D eigenvalue weighted by molar-refractivity contribution is 0.0734. The highest BCUT2D eigenvalue weighted by Gasteiger charge is 2.28. The van der Waals surface area contributed by atoms with Crippen molar-refractivity contribution in [2.24, 2.45) is 0 Å². The van der Waals surface area contributed by atoms with E-state index in [0.717, 1.165) is 0 Å². The van der Waals surface area contributed by atoms with Gasteiger partial charge in [0.05, 0.1) is 31.6 Å². The van der Waals surface area contributed by atoms with Crippen molar-refractivity contribution in [1.82, 2.24) is 0 Å². The Balaban J connectivity index is 1.54. The molecule has 7 nitrogen and oxygen atoms in total. The Bertz CT molecular complexity index is 1110. The molecule has 146 valence electrons. The van der Waals surface area contributed by atoms with E-state index in [0.29, 0.717) is 34.1 Å². The van der Waals surface area contributed by atoms with Crippen molar-refractivity contribution in [2.75, 3.05) is 14.2 Å². The van der Waals surface area contributed by atoms with Gasteiger partial charge in [0.15, 0.2) is 17.3 Å². The van der Waals surface area contributed by atoms with Crippen LogP contribution in [0.25, 0.3) is 6.08 Å². The molecule has 0 amide bonds. The number of fused-ring (bicyclic) bond motifs is 1. The molecule has 0 bridgehead atoms. The molecule has 0 atom stereocenters. The van der Waals surface area contributed by atoms with Crippen LogP contribution in [0.15, 0.2) is 65.0 Å². The fourth-order valence-electron chi connectivity index (χ4n) is 2.86. The highest BCUT2D eigenvalue weighted by atomic mass is 16.5. The number of hydrogen-bond donors (Lipinski definition) is 0. The summed E-state index contributed by atoms with van der Waals surface area (Å²) in [6.45, 7) is 0. The van der Waals surface area contributed by atoms with Crippen LogP contribution in [0.1, 0.15) is 26.5 Å². The second-order valence-electron chi connectivity index (χ2n) is 6.07. The third kappa shape index (κ3) is 3.58. The summed E-state index contributed by atoms with van der Waals surface area (Å²) in [5, 5.41) is 0. The molecular formula is C22H16O7. The third-order valence-corrected chi connectivity index (χ3v) is 4.29. The maximum Gasteiger partial charge on any atom is 0.343 e. The molecule has 0 fully saturated rings. The molecule has 0 spiro atoms. The first-order valence-corrected chi connectivity index (χ1v) is 8.65. The number of allylic oxidation sites excluding steroid dienone is 1. The number of hydrogen-bond acceptors (Lipinski definition) is 7. The van der Waals surface area contributed by atoms with E-state index in [1.165, 1.54) is 44.8 Å². The molecule has 4 rings (SSSR count). The summed E-state index contributed by atoms with van der Waals surface area (Å²) in [6, 6.07) is 12.7. The highest BCUT2D eigenvalue weighted by Crippen LogP contribution is 2.35. The summed E-state index contributed by atoms with van der Waals surface area (Å²) in [5.74, 6) is 1.26. The first-order chi connectivity index (χ1) is 14.1. The standard InChI is InChI=1S/C22H16O7/c1-25-17-8-5-13(10-19(17)26-2)22(24)28-15-6-7-16-18(12-15)29-20(21(16)23)11-14-4-3-9-27-14/h3-12H,1-2H3/b20-11-. The van der Waals surface area contributed by atoms with Crippen LogP contribution in [-0.2, 0) is 0 Å². The molecule has 29 heavy (non-hydrogen) atoms. The van der Waals surface area contributed by atoms with Crippen molar-refractivity contribution < 1.29 is 33.0 Å². The van der Waals surface area contributed by atoms with E-state index in [2.05, 4.69) is 0 Å². The summed E-state index contributed by atoms with van der Waals surface area (Å²) in [4.78, 5) is 24.9. The van der Waals surface area contributed by atoms with Gasteiger partial charge in [0, 0.05) is 12.1 Å². The van der Waals surface area contributed by atoms with E-state index in [4.69, 9.17) is 23.4 Å². The predicted molar refractivity (Wildman–Crippen MR) is 103 cm³/mol. The molecule has 1 aromatic heterocycles. The number of ketones is 1. The van der Waals surface area contributed by atoms with Gasteiger partial charge in [-0.25, -0.2) is 4.79 Å². The zero-order chi connectivity index (χ0) is 20.4. The number of carbonyl (C=O) groups excluding carboxylic acids is 2. The number of ether oxygens (including phenoxy) is 4. The Kier molecular flexibility index (Phi) is 4.78. The van der Waals surface area contributed by atoms with Crippen molar-refractivity contribution in [3.8, 4) is 23.0 Å². The van der Waals surface area contributed by atoms with Crippen LogP contribution in [-0.4, -0.2) is 26.0 Å². The predicted octanol–water partition coefficient (Wildman–Crippen LogP) is 4.13. The number of furan rings is 1. The molecular weight excluding hydrogens is 376 g/mol. The summed E-state index contributed by atoms with van der Waals surface area (Å²) >= 11 is 0. The van der Waals surface area contributed by atoms with Crippen LogP contribution in [0.4, 0.5) is 0 Å². The Hall–Kier alpha value is -4.00. The van der Waals surface area contributed by atoms with Gasteiger partial charge in [0.1, 0.15) is 17.3 Å². The van der Waals surface area contributed by atoms with Crippen LogP contribution < -0.4 is 18.9 Å². The summed E-state index contributed by atoms with van der Waals surface area (Å²) in [5.41, 5.74) is 0.673. The van der Waals surface area contributed by atoms with E-state index in [9.17, 15) is 9.59 Å². The SMILES string of the molecule is COc1ccc(C(=O)Oc2ccc3c(c2)O/C(=C\c2ccco2)C3=O)cc1OC. The second-order valence-corrected chi connectivity index (χ2v) is 6.07. The Morgan fingerprint density at radius 1 is 1.00 bits per heavy atom. The number of esters is 1. The Labute approximate surface area is 166 Å². The van der Waals surface area contributed by atoms with Gasteiger partial charge >= 0.3 is 5.97 Å². The molecule has 2 heterocycles. The van der Waals surface area contributed by atoms with Gasteiger partial charge in [-0.3, -0.25) is 4.79 Å². The van der Waals surface area contributed by atoms with Crippen molar-refractivity contribution in [2.45, 2.75) is 0 Å². The minimum absolute atomic E-state index is 0.137. The van der Waals surface area contributed by atoms with Crippen LogP contribution >= 0.6 is 0 Å². The molecule has 0 saturated heterocycles. The van der Waals surface area contributed by atoms with Crippen LogP contribution in [0, 0.1) is 0 Å². The van der Waals surface area contributed by atoms with Crippen molar-refractivity contribution >= 4 is 17.8 Å². The van der Waals surface area contributed by atoms with E-state index in [-0.39, 0.29) is 17.3 Å². The smallest absolute Gasteiger partial charge is 0.343 e. The Morgan fingerprint density at radius 2 is 1.83 bits per heavy atom. The highest BCUT2D eigenvalue weighted by molar-refractivity contribution is 6.14. The van der Waals surface area contributed by atoms with Gasteiger partial charge in [-0.05, 0) is 42.5 Å². The zero-order valence-corrected chi connectivity index (χ0v) is 15.6. The molecule has 3 aromatic rings. The molecule has 1 aliphatic heterocycles. The zero-order valence-electron chi connectivity index (χ0n) is 15.6. The lowest BCUT2D eigenvalue weighted by atomic mass is 10.1. The lowest BCUT2D eigenvalue weighted by Gasteiger charge is -2.09. The van der Waals surface area contributed by atoms with Gasteiger partial charge in [-0.15, -0.1) is 0 Å². The first kappa shape index (κ1) is 18.4. The average molecular weight is 392 g/mol. The third-order valence-electron chi connectivity index (χ3n) is 4.29. The van der Waals surface area contributed by atoms with Gasteiger partial charge in [0.25, 0.3) is 0 Å². The van der Waals surface area contributed by atoms with E-state index in [1.54, 1.807) is 30.3 Å². The maximum absolute atomic E-state index is 12.5. The van der Waals surface area contributed by atoms with Crippen molar-refractivity contribution in [3.63, 3.8) is 0 Å². The Morgan fingerprint density at radius 3 is 2.55 bits per heavy atom. The molecule has 0 unspecified atom stereocenters. The van der Waals surface area contributed by atoms with E-state index < -0.39 is 5.97 Å². The van der Waals surface area contributed by atoms with Gasteiger partial charge in [0.2, 0.25) is 5.78 Å². The number of methoxy groups -OCH3 is 2. The molecule has 1 aliphatic rings. The molecule has 7 heteroatoms. The lowest BCUT2D eigenvalue weighted by Crippen LogP contribution is -2.09. The fraction of sp³-hybridized carbons (Fsp3) is 0.0909. The molecule has 2 aromatic carbocycles. The minimum atomic E-state index is -0.582. The summed E-state index contributed by atoms with van der Waals surface area (Å²) in [6.07, 6.45) is 3.02. The molecule has 0 aliphatic carbocycles. The minimum Gasteiger partial charge on any atom is -0.493 e. The average Bonchev–Trinajstić information content (AvgIpc) is 3.35. The largest absolute Gasteiger partial charge is 0.493 e. The quantitative estimate of drug-likeness (QED) is 0.367. The van der Waals surface area contributed by atoms with Crippen LogP contribution in [0.2, 0.25) is 0 Å². The van der Waals surface area contributed by atoms with Gasteiger partial charge in [-0.2, -0.15) is 0 Å². The van der Waals surface area contributed by atoms with E-state index >= 15 is 0 Å². The monoisotopic (exact) mass is 392 g/mol. The summed E-state index contributed by atoms with van der Waals surface area (Å²) < 4.78 is 26.6. The van der Waals surface area contributed by atoms with Crippen molar-refractivity contribution in [1.29, 1.82) is 0 Å². The molecule has 0 N–H and O–H groups in total. The summed E-state index contributed by atoms with van der Waals surface area (Å²) in [7, 11) is 2.99. The normalized spacial score (nSPS) is 13.7. The second kappa shape index (κ2) is 7.55. The van der Waals surface area contributed by atoms with Crippen LogP contribution in [0.3, 0.4) is 0 Å². The fourth-order valence-corrected chi connectivity index (χ4v) is 2.86. The number of Topliss-reactive ketones (excluding diaryl/α,β-unsaturated/α-hetero) is 1. The first-order valence-electron chi connectivity index (χ1n) is 8.65. The number of carbonyl (C=O) groups is 2. The molecule has 0 saturated carbocycles. The maximum atomic E-state index is 12.5. The number of rotatable bonds is 5.